The van der Waals surface area contributed by atoms with Gasteiger partial charge in [-0.15, -0.1) is 0 Å². The molecule has 0 nitrogen and oxygen atoms in total. The van der Waals surface area contributed by atoms with Crippen LogP contribution in [0.15, 0.2) is 24.3 Å². The van der Waals surface area contributed by atoms with Gasteiger partial charge in [0.2, 0.25) is 0 Å². The zero-order chi connectivity index (χ0) is 20.3. The highest BCUT2D eigenvalue weighted by molar-refractivity contribution is 5.26. The Labute approximate surface area is 163 Å². The molecule has 1 aromatic rings. The minimum Gasteiger partial charge on any atom is -0.0776 e. The maximum atomic E-state index is 2.24. The summed E-state index contributed by atoms with van der Waals surface area (Å²) in [7, 11) is 0. The van der Waals surface area contributed by atoms with E-state index in [0.29, 0.717) is 11.8 Å². The first-order valence-corrected chi connectivity index (χ1v) is 10.2. The first-order chi connectivity index (χ1) is 11.1. The summed E-state index contributed by atoms with van der Waals surface area (Å²) in [6, 6.07) is 8.94. The minimum atomic E-state index is 0. The average Bonchev–Trinajstić information content (AvgIpc) is 2.50. The van der Waals surface area contributed by atoms with Crippen LogP contribution in [-0.2, 0) is 0 Å². The molecule has 1 aromatic carbocycles. The van der Waals surface area contributed by atoms with Gasteiger partial charge < -0.3 is 0 Å². The molecule has 0 unspecified atom stereocenters. The number of benzene rings is 1. The van der Waals surface area contributed by atoms with Gasteiger partial charge in [0, 0.05) is 0 Å². The van der Waals surface area contributed by atoms with Crippen LogP contribution in [0.25, 0.3) is 0 Å². The van der Waals surface area contributed by atoms with Gasteiger partial charge in [-0.3, -0.25) is 0 Å². The van der Waals surface area contributed by atoms with Crippen LogP contribution in [0.4, 0.5) is 0 Å². The Balaban J connectivity index is -0.0000000864. The summed E-state index contributed by atoms with van der Waals surface area (Å²) in [5, 5.41) is 0. The molecule has 0 aliphatic carbocycles. The van der Waals surface area contributed by atoms with Crippen molar-refractivity contribution in [2.45, 2.75) is 116 Å². The van der Waals surface area contributed by atoms with Crippen LogP contribution in [0.3, 0.4) is 0 Å². The van der Waals surface area contributed by atoms with E-state index in [1.165, 1.54) is 11.1 Å². The van der Waals surface area contributed by atoms with Crippen LogP contribution in [0, 0.1) is 11.8 Å². The van der Waals surface area contributed by atoms with Gasteiger partial charge in [0.05, 0.1) is 0 Å². The van der Waals surface area contributed by atoms with E-state index in [-0.39, 0.29) is 7.43 Å². The summed E-state index contributed by atoms with van der Waals surface area (Å²) in [6.07, 6.45) is 0. The molecule has 0 spiro atoms. The third kappa shape index (κ3) is 35.3. The third-order valence-corrected chi connectivity index (χ3v) is 2.27. The van der Waals surface area contributed by atoms with Crippen molar-refractivity contribution in [2.24, 2.45) is 11.8 Å². The lowest BCUT2D eigenvalue weighted by molar-refractivity contribution is 0.736. The molecule has 0 saturated carbocycles. The van der Waals surface area contributed by atoms with E-state index in [9.17, 15) is 0 Å². The van der Waals surface area contributed by atoms with Crippen molar-refractivity contribution in [3.8, 4) is 0 Å². The molecule has 154 valence electrons. The van der Waals surface area contributed by atoms with Crippen LogP contribution < -0.4 is 0 Å². The van der Waals surface area contributed by atoms with Gasteiger partial charge in [0.15, 0.2) is 0 Å². The van der Waals surface area contributed by atoms with E-state index in [2.05, 4.69) is 93.5 Å². The van der Waals surface area contributed by atoms with Crippen LogP contribution in [0.5, 0.6) is 0 Å². The molecular weight excluding hydrogens is 300 g/mol. The molecule has 0 atom stereocenters. The molecule has 0 bridgehead atoms. The lowest BCUT2D eigenvalue weighted by Gasteiger charge is -2.08. The minimum absolute atomic E-state index is 0. The SMILES string of the molecule is C.CC.CC.CC(C)C.CC(C)C.CC(C)c1ccc(C(C)C)cc1. The van der Waals surface area contributed by atoms with Gasteiger partial charge in [-0.25, -0.2) is 0 Å². The third-order valence-electron chi connectivity index (χ3n) is 2.27. The fourth-order valence-corrected chi connectivity index (χ4v) is 1.27. The number of rotatable bonds is 2. The van der Waals surface area contributed by atoms with E-state index in [1.54, 1.807) is 0 Å². The average molecular weight is 355 g/mol. The molecule has 0 amide bonds. The smallest absolute Gasteiger partial charge is 0.0219 e. The molecule has 0 N–H and O–H groups in total. The molecule has 25 heavy (non-hydrogen) atoms. The van der Waals surface area contributed by atoms with Crippen LogP contribution in [0.1, 0.15) is 127 Å². The van der Waals surface area contributed by atoms with Crippen LogP contribution in [-0.4, -0.2) is 0 Å². The van der Waals surface area contributed by atoms with Crippen molar-refractivity contribution in [1.82, 2.24) is 0 Å². The van der Waals surface area contributed by atoms with E-state index in [1.807, 2.05) is 27.7 Å². The van der Waals surface area contributed by atoms with Crippen molar-refractivity contribution >= 4 is 0 Å². The molecule has 0 aliphatic rings. The second kappa shape index (κ2) is 25.5. The summed E-state index contributed by atoms with van der Waals surface area (Å²) in [6.45, 7) is 29.9. The van der Waals surface area contributed by atoms with Gasteiger partial charge in [0.1, 0.15) is 0 Å². The van der Waals surface area contributed by atoms with Crippen LogP contribution >= 0.6 is 0 Å². The molecule has 0 fully saturated rings. The quantitative estimate of drug-likeness (QED) is 0.495. The predicted octanol–water partition coefficient (Wildman–Crippen LogP) is 9.95. The van der Waals surface area contributed by atoms with Gasteiger partial charge in [-0.1, -0.05) is 129 Å². The Hall–Kier alpha value is -0.780. The van der Waals surface area contributed by atoms with E-state index in [4.69, 9.17) is 0 Å². The van der Waals surface area contributed by atoms with Crippen molar-refractivity contribution in [1.29, 1.82) is 0 Å². The van der Waals surface area contributed by atoms with Crippen LogP contribution in [0.2, 0.25) is 0 Å². The second-order valence-corrected chi connectivity index (χ2v) is 7.44. The maximum absolute atomic E-state index is 2.24. The normalized spacial score (nSPS) is 8.72. The zero-order valence-corrected chi connectivity index (χ0v) is 19.6. The summed E-state index contributed by atoms with van der Waals surface area (Å²) in [5.41, 5.74) is 2.86. The van der Waals surface area contributed by atoms with Crippen molar-refractivity contribution in [3.63, 3.8) is 0 Å². The topological polar surface area (TPSA) is 0 Å². The molecule has 0 heterocycles. The predicted molar refractivity (Wildman–Crippen MR) is 125 cm³/mol. The summed E-state index contributed by atoms with van der Waals surface area (Å²) < 4.78 is 0. The Morgan fingerprint density at radius 2 is 0.560 bits per heavy atom. The highest BCUT2D eigenvalue weighted by Gasteiger charge is 2.00. The molecular formula is C25H54. The van der Waals surface area contributed by atoms with Crippen molar-refractivity contribution in [2.75, 3.05) is 0 Å². The molecule has 0 saturated heterocycles. The Kier molecular flexibility index (Phi) is 36.0. The van der Waals surface area contributed by atoms with Gasteiger partial charge in [0.25, 0.3) is 0 Å². The van der Waals surface area contributed by atoms with Gasteiger partial charge in [-0.05, 0) is 34.8 Å². The zero-order valence-electron chi connectivity index (χ0n) is 19.6. The molecule has 0 aliphatic heterocycles. The Bertz CT molecular complexity index is 263. The summed E-state index contributed by atoms with van der Waals surface area (Å²) in [5.74, 6) is 2.96. The fourth-order valence-electron chi connectivity index (χ4n) is 1.27. The summed E-state index contributed by atoms with van der Waals surface area (Å²) >= 11 is 0. The lowest BCUT2D eigenvalue weighted by atomic mass is 9.97. The van der Waals surface area contributed by atoms with Gasteiger partial charge in [-0.2, -0.15) is 0 Å². The van der Waals surface area contributed by atoms with E-state index < -0.39 is 0 Å². The lowest BCUT2D eigenvalue weighted by Crippen LogP contribution is -1.90. The Morgan fingerprint density at radius 3 is 0.640 bits per heavy atom. The molecule has 0 aromatic heterocycles. The molecule has 1 rings (SSSR count). The van der Waals surface area contributed by atoms with Gasteiger partial charge >= 0.3 is 0 Å². The van der Waals surface area contributed by atoms with Crippen molar-refractivity contribution < 1.29 is 0 Å². The Morgan fingerprint density at radius 1 is 0.440 bits per heavy atom. The monoisotopic (exact) mass is 354 g/mol. The maximum Gasteiger partial charge on any atom is -0.0219 e. The molecule has 0 heteroatoms. The molecule has 0 radical (unpaired) electrons. The number of hydrogen-bond acceptors (Lipinski definition) is 0. The van der Waals surface area contributed by atoms with E-state index in [0.717, 1.165) is 11.8 Å². The fraction of sp³-hybridized carbons (Fsp3) is 0.760. The largest absolute Gasteiger partial charge is 0.0776 e. The summed E-state index contributed by atoms with van der Waals surface area (Å²) in [4.78, 5) is 0. The van der Waals surface area contributed by atoms with Crippen molar-refractivity contribution in [3.05, 3.63) is 35.4 Å². The second-order valence-electron chi connectivity index (χ2n) is 7.44. The number of hydrogen-bond donors (Lipinski definition) is 0. The highest BCUT2D eigenvalue weighted by atomic mass is 14.1. The first kappa shape index (κ1) is 35.4. The highest BCUT2D eigenvalue weighted by Crippen LogP contribution is 2.18. The van der Waals surface area contributed by atoms with E-state index >= 15 is 0 Å². The standard InChI is InChI=1S/C12H18.2C4H10.2C2H6.CH4/c1-9(2)11-5-7-12(8-6-11)10(3)4;2*1-4(2)3;2*1-2;/h5-10H,1-4H3;2*4H,1-3H3;2*1-2H3;1H4. The first-order valence-electron chi connectivity index (χ1n) is 10.2.